The van der Waals surface area contributed by atoms with Gasteiger partial charge in [-0.1, -0.05) is 6.07 Å². The zero-order valence-electron chi connectivity index (χ0n) is 9.17. The van der Waals surface area contributed by atoms with Crippen molar-refractivity contribution < 1.29 is 5.11 Å². The van der Waals surface area contributed by atoms with Crippen LogP contribution in [0.4, 0.5) is 0 Å². The number of aromatic nitrogens is 2. The molecule has 1 atom stereocenters. The SMILES string of the molecule is C[C@H](O)c1cccnc1Sc1ncccc1Br. The Labute approximate surface area is 112 Å². The van der Waals surface area contributed by atoms with Crippen molar-refractivity contribution in [2.24, 2.45) is 0 Å². The molecule has 0 aliphatic heterocycles. The summed E-state index contributed by atoms with van der Waals surface area (Å²) in [4.78, 5) is 8.55. The lowest BCUT2D eigenvalue weighted by molar-refractivity contribution is 0.195. The van der Waals surface area contributed by atoms with E-state index in [0.29, 0.717) is 0 Å². The largest absolute Gasteiger partial charge is 0.389 e. The van der Waals surface area contributed by atoms with Crippen LogP contribution in [0.25, 0.3) is 0 Å². The van der Waals surface area contributed by atoms with Gasteiger partial charge in [0.05, 0.1) is 10.6 Å². The van der Waals surface area contributed by atoms with Crippen molar-refractivity contribution in [2.45, 2.75) is 23.1 Å². The molecule has 0 saturated heterocycles. The van der Waals surface area contributed by atoms with Crippen molar-refractivity contribution >= 4 is 27.7 Å². The van der Waals surface area contributed by atoms with Gasteiger partial charge in [-0.15, -0.1) is 0 Å². The predicted molar refractivity (Wildman–Crippen MR) is 70.9 cm³/mol. The highest BCUT2D eigenvalue weighted by atomic mass is 79.9. The van der Waals surface area contributed by atoms with Crippen molar-refractivity contribution in [1.82, 2.24) is 9.97 Å². The standard InChI is InChI=1S/C12H11BrN2OS/c1-8(16)9-4-2-6-14-11(9)17-12-10(13)5-3-7-15-12/h2-8,16H,1H3/t8-/m0/s1. The van der Waals surface area contributed by atoms with Crippen LogP contribution in [-0.4, -0.2) is 15.1 Å². The number of aliphatic hydroxyl groups is 1. The third-order valence-electron chi connectivity index (χ3n) is 2.17. The van der Waals surface area contributed by atoms with Crippen LogP contribution >= 0.6 is 27.7 Å². The molecule has 2 rings (SSSR count). The molecule has 0 unspecified atom stereocenters. The molecule has 2 aromatic rings. The third kappa shape index (κ3) is 3.06. The van der Waals surface area contributed by atoms with Gasteiger partial charge in [0.2, 0.25) is 0 Å². The quantitative estimate of drug-likeness (QED) is 0.943. The Balaban J connectivity index is 2.34. The lowest BCUT2D eigenvalue weighted by Gasteiger charge is -2.10. The molecular weight excluding hydrogens is 300 g/mol. The van der Waals surface area contributed by atoms with E-state index in [1.54, 1.807) is 19.3 Å². The van der Waals surface area contributed by atoms with Gasteiger partial charge in [0, 0.05) is 18.0 Å². The van der Waals surface area contributed by atoms with E-state index in [0.717, 1.165) is 20.1 Å². The first-order chi connectivity index (χ1) is 8.18. The molecule has 88 valence electrons. The van der Waals surface area contributed by atoms with Crippen molar-refractivity contribution in [2.75, 3.05) is 0 Å². The van der Waals surface area contributed by atoms with Gasteiger partial charge < -0.3 is 5.11 Å². The van der Waals surface area contributed by atoms with Crippen molar-refractivity contribution in [1.29, 1.82) is 0 Å². The smallest absolute Gasteiger partial charge is 0.116 e. The Bertz CT molecular complexity index is 519. The first-order valence-electron chi connectivity index (χ1n) is 5.10. The molecule has 3 nitrogen and oxygen atoms in total. The number of hydrogen-bond acceptors (Lipinski definition) is 4. The second kappa shape index (κ2) is 5.62. The minimum atomic E-state index is -0.534. The highest BCUT2D eigenvalue weighted by molar-refractivity contribution is 9.10. The zero-order chi connectivity index (χ0) is 12.3. The van der Waals surface area contributed by atoms with Gasteiger partial charge in [0.25, 0.3) is 0 Å². The molecule has 0 spiro atoms. The molecule has 0 aliphatic rings. The summed E-state index contributed by atoms with van der Waals surface area (Å²) in [5.41, 5.74) is 0.815. The monoisotopic (exact) mass is 310 g/mol. The van der Waals surface area contributed by atoms with Gasteiger partial charge in [0.15, 0.2) is 0 Å². The Morgan fingerprint density at radius 3 is 2.47 bits per heavy atom. The molecule has 0 radical (unpaired) electrons. The molecule has 2 heterocycles. The Morgan fingerprint density at radius 2 is 1.82 bits per heavy atom. The minimum absolute atomic E-state index is 0.534. The van der Waals surface area contributed by atoms with Gasteiger partial charge in [-0.05, 0) is 52.8 Å². The Morgan fingerprint density at radius 1 is 1.18 bits per heavy atom. The van der Waals surface area contributed by atoms with E-state index >= 15 is 0 Å². The van der Waals surface area contributed by atoms with Crippen molar-refractivity contribution in [3.05, 3.63) is 46.7 Å². The molecule has 0 aromatic carbocycles. The molecule has 1 N–H and O–H groups in total. The summed E-state index contributed by atoms with van der Waals surface area (Å²) in [5.74, 6) is 0. The van der Waals surface area contributed by atoms with E-state index in [9.17, 15) is 5.11 Å². The highest BCUT2D eigenvalue weighted by Gasteiger charge is 2.11. The Hall–Kier alpha value is -0.910. The van der Waals surface area contributed by atoms with Crippen molar-refractivity contribution in [3.8, 4) is 0 Å². The van der Waals surface area contributed by atoms with Gasteiger partial charge >= 0.3 is 0 Å². The number of pyridine rings is 2. The van der Waals surface area contributed by atoms with Crippen molar-refractivity contribution in [3.63, 3.8) is 0 Å². The number of aliphatic hydroxyl groups excluding tert-OH is 1. The third-order valence-corrected chi connectivity index (χ3v) is 4.12. The van der Waals surface area contributed by atoms with E-state index < -0.39 is 6.10 Å². The van der Waals surface area contributed by atoms with Crippen LogP contribution in [0.15, 0.2) is 51.2 Å². The summed E-state index contributed by atoms with van der Waals surface area (Å²) in [7, 11) is 0. The molecular formula is C12H11BrN2OS. The van der Waals surface area contributed by atoms with Crippen LogP contribution in [0.3, 0.4) is 0 Å². The predicted octanol–water partition coefficient (Wildman–Crippen LogP) is 3.44. The normalized spacial score (nSPS) is 12.4. The fourth-order valence-corrected chi connectivity index (χ4v) is 2.77. The summed E-state index contributed by atoms with van der Waals surface area (Å²) in [6.45, 7) is 1.73. The molecule has 0 fully saturated rings. The van der Waals surface area contributed by atoms with E-state index in [1.807, 2.05) is 24.3 Å². The minimum Gasteiger partial charge on any atom is -0.389 e. The number of nitrogens with zero attached hydrogens (tertiary/aromatic N) is 2. The van der Waals surface area contributed by atoms with Crippen LogP contribution in [0.5, 0.6) is 0 Å². The van der Waals surface area contributed by atoms with Gasteiger partial charge in [0.1, 0.15) is 10.1 Å². The number of halogens is 1. The summed E-state index contributed by atoms with van der Waals surface area (Å²) in [6, 6.07) is 7.49. The number of rotatable bonds is 3. The van der Waals surface area contributed by atoms with Crippen LogP contribution in [0.1, 0.15) is 18.6 Å². The molecule has 2 aromatic heterocycles. The number of hydrogen-bond donors (Lipinski definition) is 1. The maximum absolute atomic E-state index is 9.67. The highest BCUT2D eigenvalue weighted by Crippen LogP contribution is 2.33. The fourth-order valence-electron chi connectivity index (χ4n) is 1.34. The summed E-state index contributed by atoms with van der Waals surface area (Å²) in [5, 5.41) is 11.3. The van der Waals surface area contributed by atoms with E-state index in [4.69, 9.17) is 0 Å². The molecule has 0 saturated carbocycles. The average Bonchev–Trinajstić information content (AvgIpc) is 2.32. The summed E-state index contributed by atoms with van der Waals surface area (Å²) >= 11 is 4.88. The van der Waals surface area contributed by atoms with E-state index in [-0.39, 0.29) is 0 Å². The van der Waals surface area contributed by atoms with Crippen LogP contribution in [0.2, 0.25) is 0 Å². The zero-order valence-corrected chi connectivity index (χ0v) is 11.6. The molecule has 0 aliphatic carbocycles. The Kier molecular flexibility index (Phi) is 4.15. The summed E-state index contributed by atoms with van der Waals surface area (Å²) in [6.07, 6.45) is 2.91. The molecule has 5 heteroatoms. The lowest BCUT2D eigenvalue weighted by Crippen LogP contribution is -1.96. The molecule has 17 heavy (non-hydrogen) atoms. The average molecular weight is 311 g/mol. The maximum atomic E-state index is 9.67. The second-order valence-electron chi connectivity index (χ2n) is 3.47. The van der Waals surface area contributed by atoms with Crippen LogP contribution < -0.4 is 0 Å². The first-order valence-corrected chi connectivity index (χ1v) is 6.71. The van der Waals surface area contributed by atoms with E-state index in [2.05, 4.69) is 25.9 Å². The second-order valence-corrected chi connectivity index (χ2v) is 5.30. The summed E-state index contributed by atoms with van der Waals surface area (Å²) < 4.78 is 0.923. The maximum Gasteiger partial charge on any atom is 0.116 e. The lowest BCUT2D eigenvalue weighted by atomic mass is 10.2. The van der Waals surface area contributed by atoms with Gasteiger partial charge in [-0.25, -0.2) is 9.97 Å². The fraction of sp³-hybridized carbons (Fsp3) is 0.167. The van der Waals surface area contributed by atoms with Crippen LogP contribution in [0, 0.1) is 0 Å². The van der Waals surface area contributed by atoms with E-state index in [1.165, 1.54) is 11.8 Å². The molecule has 0 amide bonds. The van der Waals surface area contributed by atoms with Gasteiger partial charge in [-0.3, -0.25) is 0 Å². The van der Waals surface area contributed by atoms with Gasteiger partial charge in [-0.2, -0.15) is 0 Å². The molecule has 0 bridgehead atoms. The van der Waals surface area contributed by atoms with Crippen LogP contribution in [-0.2, 0) is 0 Å². The first kappa shape index (κ1) is 12.5. The topological polar surface area (TPSA) is 46.0 Å².